The van der Waals surface area contributed by atoms with Crippen molar-refractivity contribution in [3.8, 4) is 22.8 Å². The third-order valence-electron chi connectivity index (χ3n) is 5.79. The van der Waals surface area contributed by atoms with Gasteiger partial charge in [0.2, 0.25) is 0 Å². The monoisotopic (exact) mass is 463 g/mol. The number of aliphatic hydroxyl groups is 1. The summed E-state index contributed by atoms with van der Waals surface area (Å²) in [4.78, 5) is 17.0. The molecule has 1 saturated carbocycles. The number of fused-ring (bicyclic) bond motifs is 1. The first kappa shape index (κ1) is 21.5. The Morgan fingerprint density at radius 1 is 1.33 bits per heavy atom. The van der Waals surface area contributed by atoms with E-state index in [2.05, 4.69) is 15.0 Å². The van der Waals surface area contributed by atoms with Crippen LogP contribution in [0.2, 0.25) is 0 Å². The SMILES string of the molecule is COc1cc(-c2cnc3cc(C4(O)COC4)ccn23)cc(OC(F)F)c1C(=O)NC1CC1F. The van der Waals surface area contributed by atoms with Gasteiger partial charge in [0.25, 0.3) is 5.91 Å². The molecule has 5 rings (SSSR count). The second kappa shape index (κ2) is 7.92. The van der Waals surface area contributed by atoms with Crippen LogP contribution in [0.25, 0.3) is 16.9 Å². The first-order valence-electron chi connectivity index (χ1n) is 10.2. The zero-order valence-electron chi connectivity index (χ0n) is 17.4. The molecule has 3 heterocycles. The van der Waals surface area contributed by atoms with Crippen LogP contribution in [0.15, 0.2) is 36.7 Å². The summed E-state index contributed by atoms with van der Waals surface area (Å²) in [5.74, 6) is -1.18. The quantitative estimate of drug-likeness (QED) is 0.560. The highest BCUT2D eigenvalue weighted by Gasteiger charge is 2.40. The zero-order chi connectivity index (χ0) is 23.3. The second-order valence-electron chi connectivity index (χ2n) is 8.07. The van der Waals surface area contributed by atoms with Gasteiger partial charge in [0.1, 0.15) is 34.5 Å². The molecule has 2 aliphatic rings. The summed E-state index contributed by atoms with van der Waals surface area (Å²) in [6.07, 6.45) is 2.23. The number of carbonyl (C=O) groups is 1. The van der Waals surface area contributed by atoms with E-state index in [9.17, 15) is 23.1 Å². The predicted octanol–water partition coefficient (Wildman–Crippen LogP) is 2.67. The molecule has 0 radical (unpaired) electrons. The van der Waals surface area contributed by atoms with Crippen LogP contribution in [0.4, 0.5) is 13.2 Å². The number of halogens is 3. The number of methoxy groups -OCH3 is 1. The molecule has 2 fully saturated rings. The predicted molar refractivity (Wildman–Crippen MR) is 109 cm³/mol. The Morgan fingerprint density at radius 3 is 2.67 bits per heavy atom. The van der Waals surface area contributed by atoms with Gasteiger partial charge < -0.3 is 24.6 Å². The molecule has 2 N–H and O–H groups in total. The number of hydrogen-bond acceptors (Lipinski definition) is 6. The lowest BCUT2D eigenvalue weighted by atomic mass is 9.93. The number of benzene rings is 1. The van der Waals surface area contributed by atoms with Crippen molar-refractivity contribution in [3.05, 3.63) is 47.8 Å². The largest absolute Gasteiger partial charge is 0.496 e. The number of pyridine rings is 1. The number of ether oxygens (including phenoxy) is 3. The van der Waals surface area contributed by atoms with Crippen molar-refractivity contribution < 1.29 is 37.3 Å². The van der Waals surface area contributed by atoms with Gasteiger partial charge in [-0.05, 0) is 29.8 Å². The highest BCUT2D eigenvalue weighted by Crippen LogP contribution is 2.38. The fraction of sp³-hybridized carbons (Fsp3) is 0.364. The number of carbonyl (C=O) groups excluding carboxylic acids is 1. The molecule has 2 unspecified atom stereocenters. The van der Waals surface area contributed by atoms with Crippen molar-refractivity contribution in [3.63, 3.8) is 0 Å². The van der Waals surface area contributed by atoms with Gasteiger partial charge >= 0.3 is 6.61 Å². The molecule has 11 heteroatoms. The fourth-order valence-corrected chi connectivity index (χ4v) is 3.81. The minimum absolute atomic E-state index is 0.00999. The van der Waals surface area contributed by atoms with E-state index in [0.29, 0.717) is 22.5 Å². The van der Waals surface area contributed by atoms with E-state index in [0.717, 1.165) is 0 Å². The molecule has 2 atom stereocenters. The molecule has 1 aromatic carbocycles. The van der Waals surface area contributed by atoms with E-state index >= 15 is 0 Å². The maximum atomic E-state index is 13.2. The number of alkyl halides is 3. The highest BCUT2D eigenvalue weighted by atomic mass is 19.3. The Bertz CT molecular complexity index is 1230. The minimum Gasteiger partial charge on any atom is -0.496 e. The summed E-state index contributed by atoms with van der Waals surface area (Å²) < 4.78 is 56.3. The molecule has 1 aliphatic heterocycles. The molecule has 1 amide bonds. The maximum absolute atomic E-state index is 13.2. The van der Waals surface area contributed by atoms with Crippen molar-refractivity contribution in [1.29, 1.82) is 0 Å². The number of aromatic nitrogens is 2. The third-order valence-corrected chi connectivity index (χ3v) is 5.79. The van der Waals surface area contributed by atoms with Crippen LogP contribution in [0.3, 0.4) is 0 Å². The van der Waals surface area contributed by atoms with E-state index in [4.69, 9.17) is 9.47 Å². The van der Waals surface area contributed by atoms with Crippen molar-refractivity contribution in [1.82, 2.24) is 14.7 Å². The van der Waals surface area contributed by atoms with Crippen molar-refractivity contribution in [2.45, 2.75) is 30.8 Å². The normalized spacial score (nSPS) is 21.0. The minimum atomic E-state index is -3.19. The third kappa shape index (κ3) is 3.87. The molecular formula is C22H20F3N3O5. The first-order chi connectivity index (χ1) is 15.8. The number of rotatable bonds is 7. The first-order valence-corrected chi connectivity index (χ1v) is 10.2. The van der Waals surface area contributed by atoms with Gasteiger partial charge in [-0.2, -0.15) is 8.78 Å². The Morgan fingerprint density at radius 2 is 2.06 bits per heavy atom. The molecule has 33 heavy (non-hydrogen) atoms. The van der Waals surface area contributed by atoms with Crippen LogP contribution in [-0.2, 0) is 10.3 Å². The van der Waals surface area contributed by atoms with Gasteiger partial charge in [0.05, 0.1) is 38.3 Å². The molecule has 8 nitrogen and oxygen atoms in total. The summed E-state index contributed by atoms with van der Waals surface area (Å²) >= 11 is 0. The van der Waals surface area contributed by atoms with Gasteiger partial charge in [0, 0.05) is 18.2 Å². The lowest BCUT2D eigenvalue weighted by molar-refractivity contribution is -0.184. The summed E-state index contributed by atoms with van der Waals surface area (Å²) in [6.45, 7) is -2.81. The molecule has 2 aromatic heterocycles. The van der Waals surface area contributed by atoms with E-state index in [1.54, 1.807) is 22.7 Å². The standard InChI is InChI=1S/C22H20F3N3O5/c1-31-16-4-11(5-17(33-21(24)25)19(16)20(29)27-14-7-13(14)23)15-8-26-18-6-12(2-3-28(15)18)22(30)9-32-10-22/h2-6,8,13-14,21,30H,7,9-10H2,1H3,(H,27,29). The van der Waals surface area contributed by atoms with Crippen LogP contribution in [0.5, 0.6) is 11.5 Å². The Hall–Kier alpha value is -3.31. The molecule has 0 bridgehead atoms. The Labute approximate surface area is 185 Å². The molecule has 0 spiro atoms. The molecule has 1 aliphatic carbocycles. The highest BCUT2D eigenvalue weighted by molar-refractivity contribution is 6.01. The van der Waals surface area contributed by atoms with Gasteiger partial charge in [-0.1, -0.05) is 0 Å². The number of nitrogens with zero attached hydrogens (tertiary/aromatic N) is 2. The van der Waals surface area contributed by atoms with E-state index in [1.807, 2.05) is 0 Å². The number of amides is 1. The lowest BCUT2D eigenvalue weighted by Gasteiger charge is -2.36. The van der Waals surface area contributed by atoms with Crippen LogP contribution < -0.4 is 14.8 Å². The molecular weight excluding hydrogens is 443 g/mol. The summed E-state index contributed by atoms with van der Waals surface area (Å²) in [6, 6.07) is 5.56. The van der Waals surface area contributed by atoms with Gasteiger partial charge in [-0.25, -0.2) is 9.37 Å². The Balaban J connectivity index is 1.56. The average molecular weight is 463 g/mol. The molecule has 3 aromatic rings. The topological polar surface area (TPSA) is 94.3 Å². The summed E-state index contributed by atoms with van der Waals surface area (Å²) in [5, 5.41) is 12.9. The fourth-order valence-electron chi connectivity index (χ4n) is 3.81. The van der Waals surface area contributed by atoms with E-state index in [-0.39, 0.29) is 30.9 Å². The number of imidazole rings is 1. The average Bonchev–Trinajstić information content (AvgIpc) is 3.28. The van der Waals surface area contributed by atoms with Crippen LogP contribution in [0.1, 0.15) is 22.3 Å². The van der Waals surface area contributed by atoms with Gasteiger partial charge in [0.15, 0.2) is 0 Å². The van der Waals surface area contributed by atoms with Crippen LogP contribution >= 0.6 is 0 Å². The summed E-state index contributed by atoms with van der Waals surface area (Å²) in [7, 11) is 1.29. The van der Waals surface area contributed by atoms with Gasteiger partial charge in [-0.15, -0.1) is 0 Å². The number of hydrogen-bond donors (Lipinski definition) is 2. The van der Waals surface area contributed by atoms with E-state index < -0.39 is 36.1 Å². The van der Waals surface area contributed by atoms with Crippen molar-refractivity contribution in [2.75, 3.05) is 20.3 Å². The lowest BCUT2D eigenvalue weighted by Crippen LogP contribution is -2.46. The summed E-state index contributed by atoms with van der Waals surface area (Å²) in [5.41, 5.74) is 0.774. The van der Waals surface area contributed by atoms with Crippen LogP contribution in [0, 0.1) is 0 Å². The van der Waals surface area contributed by atoms with Gasteiger partial charge in [-0.3, -0.25) is 9.20 Å². The Kier molecular flexibility index (Phi) is 5.17. The molecule has 174 valence electrons. The zero-order valence-corrected chi connectivity index (χ0v) is 17.4. The number of nitrogens with one attached hydrogen (secondary N) is 1. The van der Waals surface area contributed by atoms with E-state index in [1.165, 1.54) is 25.4 Å². The second-order valence-corrected chi connectivity index (χ2v) is 8.07. The van der Waals surface area contributed by atoms with Crippen LogP contribution in [-0.4, -0.2) is 59.5 Å². The van der Waals surface area contributed by atoms with Crippen molar-refractivity contribution >= 4 is 11.6 Å². The molecule has 1 saturated heterocycles. The smallest absolute Gasteiger partial charge is 0.387 e. The van der Waals surface area contributed by atoms with Crippen molar-refractivity contribution in [2.24, 2.45) is 0 Å². The maximum Gasteiger partial charge on any atom is 0.387 e.